The lowest BCUT2D eigenvalue weighted by atomic mass is 10.1. The zero-order chi connectivity index (χ0) is 22.9. The van der Waals surface area contributed by atoms with Crippen LogP contribution in [0.25, 0.3) is 5.70 Å². The van der Waals surface area contributed by atoms with Crippen molar-refractivity contribution >= 4 is 33.4 Å². The number of Topliss-reactive ketones (excluding diaryl/α,β-unsaturated/α-hetero) is 1. The molecular weight excluding hydrogens is 432 g/mol. The molecule has 4 rings (SSSR count). The molecule has 0 aliphatic carbocycles. The number of sulfonamides is 1. The van der Waals surface area contributed by atoms with Crippen molar-refractivity contribution in [2.24, 2.45) is 0 Å². The van der Waals surface area contributed by atoms with Crippen LogP contribution in [0.2, 0.25) is 0 Å². The Morgan fingerprint density at radius 3 is 2.22 bits per heavy atom. The molecular formula is C23H22N2O6S. The molecule has 0 unspecified atom stereocenters. The molecule has 8 nitrogen and oxygen atoms in total. The van der Waals surface area contributed by atoms with Crippen molar-refractivity contribution in [2.75, 3.05) is 26.2 Å². The average Bonchev–Trinajstić information content (AvgIpc) is 3.43. The van der Waals surface area contributed by atoms with Crippen molar-refractivity contribution in [3.05, 3.63) is 71.8 Å². The zero-order valence-corrected chi connectivity index (χ0v) is 18.1. The maximum Gasteiger partial charge on any atom is 0.326 e. The Kier molecular flexibility index (Phi) is 5.94. The van der Waals surface area contributed by atoms with Gasteiger partial charge in [-0.2, -0.15) is 4.31 Å². The van der Waals surface area contributed by atoms with Gasteiger partial charge in [0.25, 0.3) is 5.91 Å². The fourth-order valence-electron chi connectivity index (χ4n) is 3.80. The maximum absolute atomic E-state index is 12.6. The van der Waals surface area contributed by atoms with Gasteiger partial charge in [0.15, 0.2) is 12.4 Å². The van der Waals surface area contributed by atoms with Gasteiger partial charge in [0.05, 0.1) is 4.90 Å². The fourth-order valence-corrected chi connectivity index (χ4v) is 5.31. The van der Waals surface area contributed by atoms with E-state index in [2.05, 4.69) is 6.58 Å². The van der Waals surface area contributed by atoms with E-state index >= 15 is 0 Å². The lowest BCUT2D eigenvalue weighted by Crippen LogP contribution is -2.31. The lowest BCUT2D eigenvalue weighted by molar-refractivity contribution is -0.142. The summed E-state index contributed by atoms with van der Waals surface area (Å²) in [7, 11) is -3.56. The number of fused-ring (bicyclic) bond motifs is 1. The predicted molar refractivity (Wildman–Crippen MR) is 116 cm³/mol. The number of benzene rings is 2. The van der Waals surface area contributed by atoms with Gasteiger partial charge < -0.3 is 4.74 Å². The normalized spacial score (nSPS) is 16.3. The van der Waals surface area contributed by atoms with Gasteiger partial charge in [0.1, 0.15) is 6.54 Å². The van der Waals surface area contributed by atoms with E-state index in [0.29, 0.717) is 29.9 Å². The summed E-state index contributed by atoms with van der Waals surface area (Å²) in [4.78, 5) is 38.4. The molecule has 2 aromatic rings. The fraction of sp³-hybridized carbons (Fsp3) is 0.261. The number of amides is 1. The first kappa shape index (κ1) is 21.9. The molecule has 0 bridgehead atoms. The quantitative estimate of drug-likeness (QED) is 0.470. The van der Waals surface area contributed by atoms with E-state index in [9.17, 15) is 22.8 Å². The SMILES string of the molecule is C=C1c2ccccc2C(=O)N1CC(=O)OCC(=O)c1ccc(S(=O)(=O)N2CCCC2)cc1. The number of hydrogen-bond donors (Lipinski definition) is 0. The first-order chi connectivity index (χ1) is 15.3. The number of ketones is 1. The average molecular weight is 455 g/mol. The molecule has 2 aromatic carbocycles. The number of esters is 1. The molecule has 9 heteroatoms. The Balaban J connectivity index is 1.33. The Labute approximate surface area is 186 Å². The van der Waals surface area contributed by atoms with Crippen molar-refractivity contribution in [1.82, 2.24) is 9.21 Å². The molecule has 1 saturated heterocycles. The molecule has 0 atom stereocenters. The van der Waals surface area contributed by atoms with Crippen LogP contribution in [-0.2, 0) is 19.6 Å². The third-order valence-corrected chi connectivity index (χ3v) is 7.48. The van der Waals surface area contributed by atoms with E-state index in [1.165, 1.54) is 33.5 Å². The second-order valence-corrected chi connectivity index (χ2v) is 9.54. The van der Waals surface area contributed by atoms with Gasteiger partial charge in [0.2, 0.25) is 10.0 Å². The van der Waals surface area contributed by atoms with Gasteiger partial charge in [-0.15, -0.1) is 0 Å². The van der Waals surface area contributed by atoms with Gasteiger partial charge in [-0.3, -0.25) is 19.3 Å². The minimum Gasteiger partial charge on any atom is -0.456 e. The molecule has 2 heterocycles. The highest BCUT2D eigenvalue weighted by Gasteiger charge is 2.32. The number of hydrogen-bond acceptors (Lipinski definition) is 6. The minimum atomic E-state index is -3.56. The predicted octanol–water partition coefficient (Wildman–Crippen LogP) is 2.32. The molecule has 1 amide bonds. The number of nitrogens with zero attached hydrogens (tertiary/aromatic N) is 2. The summed E-state index contributed by atoms with van der Waals surface area (Å²) in [5.74, 6) is -1.56. The lowest BCUT2D eigenvalue weighted by Gasteiger charge is -2.16. The van der Waals surface area contributed by atoms with Crippen LogP contribution in [0.4, 0.5) is 0 Å². The van der Waals surface area contributed by atoms with E-state index in [1.54, 1.807) is 24.3 Å². The summed E-state index contributed by atoms with van der Waals surface area (Å²) in [6, 6.07) is 12.5. The number of ether oxygens (including phenoxy) is 1. The first-order valence-electron chi connectivity index (χ1n) is 10.2. The number of carbonyl (C=O) groups excluding carboxylic acids is 3. The van der Waals surface area contributed by atoms with E-state index in [1.807, 2.05) is 0 Å². The van der Waals surface area contributed by atoms with Gasteiger partial charge in [-0.1, -0.05) is 24.8 Å². The Hall–Kier alpha value is -3.30. The molecule has 2 aliphatic heterocycles. The standard InChI is InChI=1S/C23H22N2O6S/c1-16-19-6-2-3-7-20(19)23(28)25(16)14-22(27)31-15-21(26)17-8-10-18(11-9-17)32(29,30)24-12-4-5-13-24/h2-3,6-11H,1,4-5,12-15H2. The van der Waals surface area contributed by atoms with Crippen molar-refractivity contribution in [2.45, 2.75) is 17.7 Å². The van der Waals surface area contributed by atoms with Crippen LogP contribution >= 0.6 is 0 Å². The topological polar surface area (TPSA) is 101 Å². The Morgan fingerprint density at radius 1 is 0.969 bits per heavy atom. The van der Waals surface area contributed by atoms with Crippen molar-refractivity contribution in [3.63, 3.8) is 0 Å². The Bertz CT molecular complexity index is 1160. The zero-order valence-electron chi connectivity index (χ0n) is 17.3. The summed E-state index contributed by atoms with van der Waals surface area (Å²) in [5, 5.41) is 0. The largest absolute Gasteiger partial charge is 0.456 e. The highest BCUT2D eigenvalue weighted by Crippen LogP contribution is 2.30. The molecule has 2 aliphatic rings. The van der Waals surface area contributed by atoms with Crippen molar-refractivity contribution < 1.29 is 27.5 Å². The second-order valence-electron chi connectivity index (χ2n) is 7.60. The monoisotopic (exact) mass is 454 g/mol. The molecule has 166 valence electrons. The number of rotatable bonds is 7. The van der Waals surface area contributed by atoms with Crippen LogP contribution in [0.3, 0.4) is 0 Å². The van der Waals surface area contributed by atoms with Gasteiger partial charge in [-0.05, 0) is 43.2 Å². The van der Waals surface area contributed by atoms with Gasteiger partial charge in [-0.25, -0.2) is 8.42 Å². The first-order valence-corrected chi connectivity index (χ1v) is 11.6. The van der Waals surface area contributed by atoms with Gasteiger partial charge >= 0.3 is 5.97 Å². The van der Waals surface area contributed by atoms with Crippen LogP contribution in [0, 0.1) is 0 Å². The molecule has 1 fully saturated rings. The van der Waals surface area contributed by atoms with E-state index in [4.69, 9.17) is 4.74 Å². The second kappa shape index (κ2) is 8.68. The summed E-state index contributed by atoms with van der Waals surface area (Å²) in [6.45, 7) is 3.98. The van der Waals surface area contributed by atoms with Crippen molar-refractivity contribution in [1.29, 1.82) is 0 Å². The minimum absolute atomic E-state index is 0.124. The summed E-state index contributed by atoms with van der Waals surface area (Å²) in [5.41, 5.74) is 1.76. The summed E-state index contributed by atoms with van der Waals surface area (Å²) >= 11 is 0. The molecule has 0 radical (unpaired) electrons. The van der Waals surface area contributed by atoms with Gasteiger partial charge in [0, 0.05) is 35.5 Å². The van der Waals surface area contributed by atoms with E-state index < -0.39 is 28.4 Å². The molecule has 32 heavy (non-hydrogen) atoms. The Morgan fingerprint density at radius 2 is 1.59 bits per heavy atom. The molecule has 0 spiro atoms. The summed E-state index contributed by atoms with van der Waals surface area (Å²) in [6.07, 6.45) is 1.67. The van der Waals surface area contributed by atoms with E-state index in [-0.39, 0.29) is 22.9 Å². The van der Waals surface area contributed by atoms with Crippen LogP contribution in [0.1, 0.15) is 39.1 Å². The van der Waals surface area contributed by atoms with Crippen LogP contribution < -0.4 is 0 Å². The highest BCUT2D eigenvalue weighted by molar-refractivity contribution is 7.89. The summed E-state index contributed by atoms with van der Waals surface area (Å²) < 4.78 is 31.6. The van der Waals surface area contributed by atoms with Crippen LogP contribution in [-0.4, -0.2) is 61.5 Å². The van der Waals surface area contributed by atoms with E-state index in [0.717, 1.165) is 12.8 Å². The highest BCUT2D eigenvalue weighted by atomic mass is 32.2. The molecule has 0 aromatic heterocycles. The third kappa shape index (κ3) is 4.09. The van der Waals surface area contributed by atoms with Crippen molar-refractivity contribution in [3.8, 4) is 0 Å². The third-order valence-electron chi connectivity index (χ3n) is 5.57. The van der Waals surface area contributed by atoms with Crippen LogP contribution in [0.5, 0.6) is 0 Å². The number of carbonyl (C=O) groups is 3. The molecule has 0 N–H and O–H groups in total. The smallest absolute Gasteiger partial charge is 0.326 e. The maximum atomic E-state index is 12.6. The van der Waals surface area contributed by atoms with Crippen LogP contribution in [0.15, 0.2) is 60.0 Å². The molecule has 0 saturated carbocycles.